The zero-order chi connectivity index (χ0) is 17.0. The zero-order valence-corrected chi connectivity index (χ0v) is 14.2. The van der Waals surface area contributed by atoms with Crippen molar-refractivity contribution < 1.29 is 18.7 Å². The Balaban J connectivity index is 2.23. The molecule has 0 atom stereocenters. The Morgan fingerprint density at radius 1 is 1.22 bits per heavy atom. The molecule has 23 heavy (non-hydrogen) atoms. The highest BCUT2D eigenvalue weighted by Crippen LogP contribution is 2.26. The molecule has 0 spiro atoms. The number of benzene rings is 2. The van der Waals surface area contributed by atoms with E-state index >= 15 is 0 Å². The highest BCUT2D eigenvalue weighted by atomic mass is 32.1. The maximum atomic E-state index is 14.0. The average molecular weight is 334 g/mol. The summed E-state index contributed by atoms with van der Waals surface area (Å²) in [4.78, 5) is 12.1. The molecule has 0 unspecified atom stereocenters. The lowest BCUT2D eigenvalue weighted by atomic mass is 10.0. The van der Waals surface area contributed by atoms with Crippen LogP contribution < -0.4 is 4.74 Å². The molecule has 0 aromatic heterocycles. The largest absolute Gasteiger partial charge is 0.486 e. The van der Waals surface area contributed by atoms with Gasteiger partial charge in [0.15, 0.2) is 11.6 Å². The summed E-state index contributed by atoms with van der Waals surface area (Å²) in [5, 5.41) is 0. The average Bonchev–Trinajstić information content (AvgIpc) is 2.51. The molecule has 0 aliphatic carbocycles. The van der Waals surface area contributed by atoms with Crippen molar-refractivity contribution >= 4 is 18.6 Å². The van der Waals surface area contributed by atoms with Crippen LogP contribution in [0.3, 0.4) is 0 Å². The molecule has 0 N–H and O–H groups in total. The minimum atomic E-state index is -0.455. The van der Waals surface area contributed by atoms with Crippen molar-refractivity contribution in [1.29, 1.82) is 0 Å². The molecule has 0 aliphatic heterocycles. The van der Waals surface area contributed by atoms with Crippen LogP contribution in [0, 0.1) is 19.7 Å². The van der Waals surface area contributed by atoms with E-state index in [1.54, 1.807) is 6.07 Å². The van der Waals surface area contributed by atoms with E-state index in [2.05, 4.69) is 12.6 Å². The predicted octanol–water partition coefficient (Wildman–Crippen LogP) is 4.03. The maximum absolute atomic E-state index is 14.0. The van der Waals surface area contributed by atoms with E-state index in [9.17, 15) is 9.18 Å². The van der Waals surface area contributed by atoms with Gasteiger partial charge in [0.1, 0.15) is 6.61 Å². The Bertz CT molecular complexity index is 728. The molecule has 0 fully saturated rings. The van der Waals surface area contributed by atoms with Gasteiger partial charge < -0.3 is 9.47 Å². The SMILES string of the molecule is COC(=O)Cc1cccc(C)c1COc1cc(C)c(S)cc1F. The van der Waals surface area contributed by atoms with E-state index in [1.165, 1.54) is 13.2 Å². The number of hydrogen-bond acceptors (Lipinski definition) is 4. The van der Waals surface area contributed by atoms with Crippen LogP contribution in [0.25, 0.3) is 0 Å². The second-order valence-electron chi connectivity index (χ2n) is 5.32. The highest BCUT2D eigenvalue weighted by Gasteiger charge is 2.13. The molecule has 2 aromatic carbocycles. The molecule has 2 aromatic rings. The Kier molecular flexibility index (Phi) is 5.66. The number of aryl methyl sites for hydroxylation is 2. The Morgan fingerprint density at radius 2 is 1.96 bits per heavy atom. The van der Waals surface area contributed by atoms with Gasteiger partial charge in [0.25, 0.3) is 0 Å². The monoisotopic (exact) mass is 334 g/mol. The second kappa shape index (κ2) is 7.51. The topological polar surface area (TPSA) is 35.5 Å². The first-order chi connectivity index (χ1) is 10.9. The highest BCUT2D eigenvalue weighted by molar-refractivity contribution is 7.80. The third-order valence-electron chi connectivity index (χ3n) is 3.69. The molecule has 0 amide bonds. The number of hydrogen-bond donors (Lipinski definition) is 1. The van der Waals surface area contributed by atoms with E-state index in [1.807, 2.05) is 32.0 Å². The first kappa shape index (κ1) is 17.3. The number of rotatable bonds is 5. The fourth-order valence-electron chi connectivity index (χ4n) is 2.27. The van der Waals surface area contributed by atoms with E-state index in [4.69, 9.17) is 9.47 Å². The standard InChI is InChI=1S/C18H19FO3S/c1-11-5-4-6-13(8-18(20)21-3)14(11)10-22-16-7-12(2)17(23)9-15(16)19/h4-7,9,23H,8,10H2,1-3H3. The molecular weight excluding hydrogens is 315 g/mol. The summed E-state index contributed by atoms with van der Waals surface area (Å²) < 4.78 is 24.3. The van der Waals surface area contributed by atoms with Crippen molar-refractivity contribution in [2.75, 3.05) is 7.11 Å². The number of carbonyl (C=O) groups is 1. The number of halogens is 1. The lowest BCUT2D eigenvalue weighted by molar-refractivity contribution is -0.139. The Labute approximate surface area is 140 Å². The van der Waals surface area contributed by atoms with Crippen LogP contribution in [0.5, 0.6) is 5.75 Å². The van der Waals surface area contributed by atoms with Gasteiger partial charge >= 0.3 is 5.97 Å². The summed E-state index contributed by atoms with van der Waals surface area (Å²) in [6, 6.07) is 8.60. The van der Waals surface area contributed by atoms with Gasteiger partial charge in [0.2, 0.25) is 0 Å². The van der Waals surface area contributed by atoms with Crippen molar-refractivity contribution in [3.8, 4) is 5.75 Å². The van der Waals surface area contributed by atoms with Crippen LogP contribution in [0.2, 0.25) is 0 Å². The van der Waals surface area contributed by atoms with Gasteiger partial charge in [-0.05, 0) is 48.2 Å². The molecule has 5 heteroatoms. The van der Waals surface area contributed by atoms with E-state index in [-0.39, 0.29) is 24.7 Å². The quantitative estimate of drug-likeness (QED) is 0.662. The van der Waals surface area contributed by atoms with Gasteiger partial charge in [-0.1, -0.05) is 18.2 Å². The molecule has 0 bridgehead atoms. The fraction of sp³-hybridized carbons (Fsp3) is 0.278. The first-order valence-electron chi connectivity index (χ1n) is 7.18. The molecule has 0 radical (unpaired) electrons. The number of thiol groups is 1. The zero-order valence-electron chi connectivity index (χ0n) is 13.4. The van der Waals surface area contributed by atoms with Gasteiger partial charge in [-0.2, -0.15) is 0 Å². The van der Waals surface area contributed by atoms with Crippen LogP contribution >= 0.6 is 12.6 Å². The first-order valence-corrected chi connectivity index (χ1v) is 7.63. The van der Waals surface area contributed by atoms with Crippen molar-refractivity contribution in [2.24, 2.45) is 0 Å². The molecule has 122 valence electrons. The van der Waals surface area contributed by atoms with Gasteiger partial charge in [-0.25, -0.2) is 4.39 Å². The summed E-state index contributed by atoms with van der Waals surface area (Å²) in [6.45, 7) is 3.95. The molecule has 2 rings (SSSR count). The summed E-state index contributed by atoms with van der Waals surface area (Å²) in [5.74, 6) is -0.602. The minimum Gasteiger partial charge on any atom is -0.486 e. The third kappa shape index (κ3) is 4.26. The predicted molar refractivity (Wildman–Crippen MR) is 89.6 cm³/mol. The fourth-order valence-corrected chi connectivity index (χ4v) is 2.45. The smallest absolute Gasteiger partial charge is 0.309 e. The minimum absolute atomic E-state index is 0.161. The number of esters is 1. The number of methoxy groups -OCH3 is 1. The Hall–Kier alpha value is -2.01. The second-order valence-corrected chi connectivity index (χ2v) is 5.81. The van der Waals surface area contributed by atoms with E-state index < -0.39 is 5.82 Å². The van der Waals surface area contributed by atoms with Crippen molar-refractivity contribution in [1.82, 2.24) is 0 Å². The van der Waals surface area contributed by atoms with Crippen molar-refractivity contribution in [2.45, 2.75) is 31.8 Å². The maximum Gasteiger partial charge on any atom is 0.309 e. The van der Waals surface area contributed by atoms with Gasteiger partial charge in [0.05, 0.1) is 13.5 Å². The number of ether oxygens (including phenoxy) is 2. The summed E-state index contributed by atoms with van der Waals surface area (Å²) in [7, 11) is 1.35. The van der Waals surface area contributed by atoms with Gasteiger partial charge in [-0.3, -0.25) is 4.79 Å². The third-order valence-corrected chi connectivity index (χ3v) is 4.17. The summed E-state index contributed by atoms with van der Waals surface area (Å²) in [6.07, 6.45) is 0.161. The lowest BCUT2D eigenvalue weighted by Gasteiger charge is -2.14. The molecule has 3 nitrogen and oxygen atoms in total. The molecule has 0 saturated carbocycles. The van der Waals surface area contributed by atoms with Crippen molar-refractivity contribution in [3.63, 3.8) is 0 Å². The van der Waals surface area contributed by atoms with E-state index in [0.29, 0.717) is 4.90 Å². The van der Waals surface area contributed by atoms with Crippen LogP contribution in [0.1, 0.15) is 22.3 Å². The van der Waals surface area contributed by atoms with E-state index in [0.717, 1.165) is 22.3 Å². The molecular formula is C18H19FO3S. The normalized spacial score (nSPS) is 10.5. The lowest BCUT2D eigenvalue weighted by Crippen LogP contribution is -2.10. The molecule has 0 heterocycles. The number of carbonyl (C=O) groups excluding carboxylic acids is 1. The Morgan fingerprint density at radius 3 is 2.65 bits per heavy atom. The van der Waals surface area contributed by atoms with Gasteiger partial charge in [0, 0.05) is 4.90 Å². The summed E-state index contributed by atoms with van der Waals surface area (Å²) in [5.41, 5.74) is 3.50. The molecule has 0 saturated heterocycles. The van der Waals surface area contributed by atoms with Crippen LogP contribution in [0.15, 0.2) is 35.2 Å². The van der Waals surface area contributed by atoms with Crippen molar-refractivity contribution in [3.05, 3.63) is 58.4 Å². The van der Waals surface area contributed by atoms with Crippen LogP contribution in [-0.2, 0) is 22.6 Å². The summed E-state index contributed by atoms with van der Waals surface area (Å²) >= 11 is 4.19. The van der Waals surface area contributed by atoms with Crippen LogP contribution in [0.4, 0.5) is 4.39 Å². The van der Waals surface area contributed by atoms with Crippen LogP contribution in [-0.4, -0.2) is 13.1 Å². The van der Waals surface area contributed by atoms with Gasteiger partial charge in [-0.15, -0.1) is 12.6 Å². The molecule has 0 aliphatic rings.